The van der Waals surface area contributed by atoms with Crippen LogP contribution >= 0.6 is 0 Å². The van der Waals surface area contributed by atoms with Crippen molar-refractivity contribution in [1.29, 1.82) is 0 Å². The second-order valence-corrected chi connectivity index (χ2v) is 5.83. The third-order valence-corrected chi connectivity index (χ3v) is 4.19. The van der Waals surface area contributed by atoms with Crippen molar-refractivity contribution in [2.45, 2.75) is 25.1 Å². The Balaban J connectivity index is 2.29. The van der Waals surface area contributed by atoms with E-state index in [0.29, 0.717) is 5.56 Å². The van der Waals surface area contributed by atoms with Crippen LogP contribution in [0.4, 0.5) is 13.2 Å². The van der Waals surface area contributed by atoms with Crippen LogP contribution < -0.4 is 5.32 Å². The van der Waals surface area contributed by atoms with Gasteiger partial charge in [-0.1, -0.05) is 12.1 Å². The second-order valence-electron chi connectivity index (χ2n) is 5.83. The lowest BCUT2D eigenvalue weighted by Crippen LogP contribution is -2.47. The Hall–Kier alpha value is -2.58. The molecule has 136 valence electrons. The molecule has 0 aromatic heterocycles. The monoisotopic (exact) mass is 358 g/mol. The number of nitrogens with one attached hydrogen (secondary N) is 1. The molecule has 2 amide bonds. The highest BCUT2D eigenvalue weighted by Crippen LogP contribution is 2.37. The van der Waals surface area contributed by atoms with Crippen molar-refractivity contribution in [3.8, 4) is 0 Å². The number of rotatable bonds is 4. The number of carbonyl (C=O) groups is 3. The Morgan fingerprint density at radius 2 is 1.88 bits per heavy atom. The van der Waals surface area contributed by atoms with Crippen LogP contribution in [0.15, 0.2) is 24.3 Å². The summed E-state index contributed by atoms with van der Waals surface area (Å²) in [5.74, 6) is -2.72. The quantitative estimate of drug-likeness (QED) is 0.860. The Bertz CT molecular complexity index is 673. The maximum atomic E-state index is 12.7. The number of amides is 2. The van der Waals surface area contributed by atoms with Crippen LogP contribution in [0, 0.1) is 5.92 Å². The maximum absolute atomic E-state index is 12.7. The van der Waals surface area contributed by atoms with Crippen LogP contribution in [-0.2, 0) is 20.6 Å². The zero-order valence-electron chi connectivity index (χ0n) is 13.3. The fraction of sp³-hybridized carbons (Fsp3) is 0.438. The van der Waals surface area contributed by atoms with Crippen LogP contribution in [0.3, 0.4) is 0 Å². The first kappa shape index (κ1) is 18.8. The van der Waals surface area contributed by atoms with Gasteiger partial charge < -0.3 is 15.3 Å². The van der Waals surface area contributed by atoms with Crippen molar-refractivity contribution in [3.05, 3.63) is 35.4 Å². The van der Waals surface area contributed by atoms with E-state index in [2.05, 4.69) is 5.32 Å². The van der Waals surface area contributed by atoms with Gasteiger partial charge in [0.25, 0.3) is 0 Å². The van der Waals surface area contributed by atoms with Gasteiger partial charge in [-0.3, -0.25) is 14.4 Å². The van der Waals surface area contributed by atoms with Gasteiger partial charge in [0, 0.05) is 13.5 Å². The summed E-state index contributed by atoms with van der Waals surface area (Å²) >= 11 is 0. The number of piperidine rings is 1. The molecule has 0 unspecified atom stereocenters. The van der Waals surface area contributed by atoms with Crippen LogP contribution in [0.5, 0.6) is 0 Å². The van der Waals surface area contributed by atoms with E-state index in [-0.39, 0.29) is 18.7 Å². The van der Waals surface area contributed by atoms with Crippen molar-refractivity contribution in [1.82, 2.24) is 10.2 Å². The molecule has 0 saturated carbocycles. The number of hydrogen-bond donors (Lipinski definition) is 2. The number of carboxylic acid groups (broad SMARTS) is 1. The Morgan fingerprint density at radius 3 is 2.40 bits per heavy atom. The Labute approximate surface area is 141 Å². The Morgan fingerprint density at radius 1 is 1.28 bits per heavy atom. The summed E-state index contributed by atoms with van der Waals surface area (Å²) in [6.07, 6.45) is -4.18. The average molecular weight is 358 g/mol. The van der Waals surface area contributed by atoms with E-state index in [1.165, 1.54) is 24.1 Å². The lowest BCUT2D eigenvalue weighted by Gasteiger charge is -2.38. The summed E-state index contributed by atoms with van der Waals surface area (Å²) in [4.78, 5) is 36.1. The molecule has 25 heavy (non-hydrogen) atoms. The van der Waals surface area contributed by atoms with Gasteiger partial charge in [0.15, 0.2) is 0 Å². The smallest absolute Gasteiger partial charge is 0.416 e. The fourth-order valence-electron chi connectivity index (χ4n) is 2.93. The maximum Gasteiger partial charge on any atom is 0.416 e. The van der Waals surface area contributed by atoms with E-state index in [4.69, 9.17) is 5.11 Å². The van der Waals surface area contributed by atoms with Gasteiger partial charge >= 0.3 is 12.1 Å². The average Bonchev–Trinajstić information content (AvgIpc) is 2.54. The first-order valence-corrected chi connectivity index (χ1v) is 7.53. The molecule has 0 aliphatic carbocycles. The first-order chi connectivity index (χ1) is 11.6. The predicted octanol–water partition coefficient (Wildman–Crippen LogP) is 1.82. The first-order valence-electron chi connectivity index (χ1n) is 7.53. The molecule has 1 aromatic carbocycles. The highest BCUT2D eigenvalue weighted by atomic mass is 19.4. The summed E-state index contributed by atoms with van der Waals surface area (Å²) in [7, 11) is 1.47. The number of likely N-dealkylation sites (tertiary alicyclic amines) is 1. The normalized spacial score (nSPS) is 21.1. The van der Waals surface area contributed by atoms with E-state index in [0.717, 1.165) is 12.1 Å². The van der Waals surface area contributed by atoms with Gasteiger partial charge in [0.1, 0.15) is 6.54 Å². The number of nitrogens with zero attached hydrogens (tertiary/aromatic N) is 1. The molecular weight excluding hydrogens is 341 g/mol. The summed E-state index contributed by atoms with van der Waals surface area (Å²) in [5, 5.41) is 10.9. The van der Waals surface area contributed by atoms with Crippen molar-refractivity contribution in [3.63, 3.8) is 0 Å². The van der Waals surface area contributed by atoms with Crippen molar-refractivity contribution in [2.75, 3.05) is 13.6 Å². The summed E-state index contributed by atoms with van der Waals surface area (Å²) in [5.41, 5.74) is -0.438. The molecule has 0 bridgehead atoms. The number of carboxylic acids is 1. The molecule has 1 aliphatic heterocycles. The zero-order valence-corrected chi connectivity index (χ0v) is 13.3. The molecule has 1 fully saturated rings. The van der Waals surface area contributed by atoms with Crippen LogP contribution in [0.25, 0.3) is 0 Å². The number of benzene rings is 1. The van der Waals surface area contributed by atoms with Crippen LogP contribution in [0.2, 0.25) is 0 Å². The van der Waals surface area contributed by atoms with Gasteiger partial charge in [-0.2, -0.15) is 13.2 Å². The van der Waals surface area contributed by atoms with Gasteiger partial charge in [0.05, 0.1) is 17.5 Å². The topological polar surface area (TPSA) is 86.7 Å². The third-order valence-electron chi connectivity index (χ3n) is 4.19. The molecule has 9 heteroatoms. The molecule has 1 heterocycles. The van der Waals surface area contributed by atoms with E-state index in [1.807, 2.05) is 0 Å². The molecule has 2 rings (SSSR count). The molecule has 1 aromatic rings. The summed E-state index contributed by atoms with van der Waals surface area (Å²) < 4.78 is 38.1. The lowest BCUT2D eigenvalue weighted by molar-refractivity contribution is -0.144. The molecule has 6 nitrogen and oxygen atoms in total. The molecule has 1 aliphatic rings. The molecular formula is C16H17F3N2O4. The highest BCUT2D eigenvalue weighted by molar-refractivity contribution is 5.86. The minimum atomic E-state index is -4.48. The predicted molar refractivity (Wildman–Crippen MR) is 80.3 cm³/mol. The second kappa shape index (κ2) is 7.12. The lowest BCUT2D eigenvalue weighted by atomic mass is 9.83. The minimum Gasteiger partial charge on any atom is -0.480 e. The van der Waals surface area contributed by atoms with E-state index in [1.54, 1.807) is 0 Å². The Kier molecular flexibility index (Phi) is 5.34. The number of aliphatic carboxylic acids is 1. The number of alkyl halides is 3. The fourth-order valence-corrected chi connectivity index (χ4v) is 2.93. The molecule has 0 radical (unpaired) electrons. The zero-order chi connectivity index (χ0) is 18.8. The van der Waals surface area contributed by atoms with Gasteiger partial charge in [-0.05, 0) is 24.1 Å². The summed E-state index contributed by atoms with van der Waals surface area (Å²) in [6.45, 7) is -0.563. The minimum absolute atomic E-state index is 0.110. The van der Waals surface area contributed by atoms with Crippen molar-refractivity contribution >= 4 is 17.8 Å². The SMILES string of the molecule is CN1C(=O)CC[C@H](C(=O)NCC(=O)O)[C@H]1c1ccc(C(F)(F)F)cc1. The number of halogens is 3. The molecule has 2 atom stereocenters. The highest BCUT2D eigenvalue weighted by Gasteiger charge is 2.39. The van der Waals surface area contributed by atoms with Gasteiger partial charge in [-0.15, -0.1) is 0 Å². The number of hydrogen-bond acceptors (Lipinski definition) is 3. The van der Waals surface area contributed by atoms with E-state index in [9.17, 15) is 27.6 Å². The number of carbonyl (C=O) groups excluding carboxylic acids is 2. The molecule has 0 spiro atoms. The van der Waals surface area contributed by atoms with Crippen LogP contribution in [0.1, 0.15) is 30.0 Å². The van der Waals surface area contributed by atoms with E-state index < -0.39 is 42.1 Å². The standard InChI is InChI=1S/C16H17F3N2O4/c1-21-12(22)7-6-11(15(25)20-8-13(23)24)14(21)9-2-4-10(5-3-9)16(17,18)19/h2-5,11,14H,6-8H2,1H3,(H,20,25)(H,23,24)/t11-,14+/m0/s1. The van der Waals surface area contributed by atoms with Crippen LogP contribution in [-0.4, -0.2) is 41.4 Å². The summed E-state index contributed by atoms with van der Waals surface area (Å²) in [6, 6.07) is 3.51. The van der Waals surface area contributed by atoms with Crippen molar-refractivity contribution in [2.24, 2.45) is 5.92 Å². The largest absolute Gasteiger partial charge is 0.480 e. The molecule has 2 N–H and O–H groups in total. The third kappa shape index (κ3) is 4.28. The molecule has 1 saturated heterocycles. The van der Waals surface area contributed by atoms with Gasteiger partial charge in [-0.25, -0.2) is 0 Å². The van der Waals surface area contributed by atoms with E-state index >= 15 is 0 Å². The van der Waals surface area contributed by atoms with Gasteiger partial charge in [0.2, 0.25) is 11.8 Å². The van der Waals surface area contributed by atoms with Crippen molar-refractivity contribution < 1.29 is 32.7 Å².